The maximum atomic E-state index is 14.2. The highest BCUT2D eigenvalue weighted by Crippen LogP contribution is 2.70. The van der Waals surface area contributed by atoms with Gasteiger partial charge in [0, 0.05) is 0 Å². The van der Waals surface area contributed by atoms with Crippen LogP contribution in [0.15, 0.2) is 35.2 Å². The molecule has 33 heavy (non-hydrogen) atoms. The molecule has 192 valence electrons. The van der Waals surface area contributed by atoms with Crippen LogP contribution in [0.5, 0.6) is 0 Å². The number of rotatable bonds is 14. The van der Waals surface area contributed by atoms with Crippen molar-refractivity contribution in [1.82, 2.24) is 4.72 Å². The van der Waals surface area contributed by atoms with E-state index in [9.17, 15) is 39.3 Å². The van der Waals surface area contributed by atoms with E-state index >= 15 is 0 Å². The van der Waals surface area contributed by atoms with Gasteiger partial charge in [0.25, 0.3) is 0 Å². The average Bonchev–Trinajstić information content (AvgIpc) is 2.71. The van der Waals surface area contributed by atoms with Gasteiger partial charge in [-0.25, -0.2) is 8.42 Å². The summed E-state index contributed by atoms with van der Waals surface area (Å²) in [7, 11) is -11.7. The Morgan fingerprint density at radius 2 is 1.24 bits per heavy atom. The summed E-state index contributed by atoms with van der Waals surface area (Å²) in [5.74, 6) is 0. The molecule has 0 amide bonds. The van der Waals surface area contributed by atoms with Crippen LogP contribution >= 0.6 is 7.60 Å². The zero-order valence-electron chi connectivity index (χ0n) is 18.2. The third kappa shape index (κ3) is 7.17. The molecule has 6 nitrogen and oxygen atoms in total. The largest absolute Gasteiger partial charge is 0.428 e. The Labute approximate surface area is 189 Å². The first kappa shape index (κ1) is 29.9. The minimum absolute atomic E-state index is 0.00393. The molecule has 0 aliphatic carbocycles. The monoisotopic (exact) mass is 527 g/mol. The Balaban J connectivity index is 3.67. The molecule has 0 spiro atoms. The van der Waals surface area contributed by atoms with E-state index in [2.05, 4.69) is 9.05 Å². The van der Waals surface area contributed by atoms with Crippen molar-refractivity contribution in [1.29, 1.82) is 0 Å². The van der Waals surface area contributed by atoms with Gasteiger partial charge in [-0.1, -0.05) is 57.7 Å². The molecule has 0 radical (unpaired) electrons. The van der Waals surface area contributed by atoms with Crippen molar-refractivity contribution >= 4 is 17.6 Å². The standard InChI is InChI=1S/C19H28F6NO5PS/c1-3-5-10-14-30-32(27,31-15-11-6-4-2)17(18(20,21)22,19(23,24)25)26-33(28,29)16-12-8-7-9-13-16/h7-9,12-13,26H,3-6,10-11,14-15H2,1-2H3. The summed E-state index contributed by atoms with van der Waals surface area (Å²) < 4.78 is 134. The quantitative estimate of drug-likeness (QED) is 0.172. The summed E-state index contributed by atoms with van der Waals surface area (Å²) in [5.41, 5.74) is 0. The predicted molar refractivity (Wildman–Crippen MR) is 110 cm³/mol. The predicted octanol–water partition coefficient (Wildman–Crippen LogP) is 6.39. The summed E-state index contributed by atoms with van der Waals surface area (Å²) in [6, 6.07) is 5.14. The lowest BCUT2D eigenvalue weighted by atomic mass is 10.3. The Bertz CT molecular complexity index is 847. The fraction of sp³-hybridized carbons (Fsp3) is 0.684. The van der Waals surface area contributed by atoms with E-state index < -0.39 is 53.4 Å². The first-order chi connectivity index (χ1) is 15.2. The van der Waals surface area contributed by atoms with Crippen molar-refractivity contribution in [2.75, 3.05) is 13.2 Å². The molecule has 0 saturated heterocycles. The van der Waals surface area contributed by atoms with Crippen LogP contribution in [-0.2, 0) is 23.6 Å². The van der Waals surface area contributed by atoms with Gasteiger partial charge >= 0.3 is 25.2 Å². The molecule has 0 aliphatic heterocycles. The van der Waals surface area contributed by atoms with Crippen molar-refractivity contribution in [3.63, 3.8) is 0 Å². The zero-order valence-corrected chi connectivity index (χ0v) is 19.9. The number of alkyl halides is 6. The molecular weight excluding hydrogens is 499 g/mol. The molecule has 0 fully saturated rings. The maximum absolute atomic E-state index is 14.2. The van der Waals surface area contributed by atoms with Crippen molar-refractivity contribution in [2.24, 2.45) is 0 Å². The van der Waals surface area contributed by atoms with Crippen LogP contribution in [0.1, 0.15) is 52.4 Å². The minimum Gasteiger partial charge on any atom is -0.307 e. The van der Waals surface area contributed by atoms with Gasteiger partial charge in [0.2, 0.25) is 10.0 Å². The second-order valence-electron chi connectivity index (χ2n) is 7.20. The number of nitrogens with one attached hydrogen (secondary N) is 1. The van der Waals surface area contributed by atoms with Gasteiger partial charge < -0.3 is 9.05 Å². The van der Waals surface area contributed by atoms with Gasteiger partial charge in [0.05, 0.1) is 18.1 Å². The average molecular weight is 527 g/mol. The second-order valence-corrected chi connectivity index (χ2v) is 11.1. The van der Waals surface area contributed by atoms with Crippen LogP contribution in [0.4, 0.5) is 26.3 Å². The Morgan fingerprint density at radius 1 is 0.818 bits per heavy atom. The lowest BCUT2D eigenvalue weighted by Gasteiger charge is -2.41. The molecular formula is C19H28F6NO5PS. The van der Waals surface area contributed by atoms with E-state index in [0.29, 0.717) is 30.4 Å². The zero-order chi connectivity index (χ0) is 25.4. The molecule has 0 aromatic heterocycles. The summed E-state index contributed by atoms with van der Waals surface area (Å²) in [5, 5.41) is -5.51. The van der Waals surface area contributed by atoms with Crippen molar-refractivity contribution in [3.8, 4) is 0 Å². The summed E-state index contributed by atoms with van der Waals surface area (Å²) >= 11 is 0. The van der Waals surface area contributed by atoms with Gasteiger partial charge in [-0.2, -0.15) is 31.1 Å². The van der Waals surface area contributed by atoms with E-state index in [1.54, 1.807) is 13.8 Å². The Kier molecular flexibility index (Phi) is 10.9. The molecule has 1 aromatic rings. The normalized spacial score (nSPS) is 13.9. The van der Waals surface area contributed by atoms with Gasteiger partial charge in [0.1, 0.15) is 0 Å². The number of sulfonamides is 1. The first-order valence-corrected chi connectivity index (χ1v) is 13.3. The van der Waals surface area contributed by atoms with Crippen LogP contribution in [0.2, 0.25) is 0 Å². The van der Waals surface area contributed by atoms with Crippen molar-refractivity contribution in [2.45, 2.75) is 74.9 Å². The van der Waals surface area contributed by atoms with E-state index in [1.807, 2.05) is 0 Å². The Morgan fingerprint density at radius 3 is 1.61 bits per heavy atom. The van der Waals surface area contributed by atoms with Gasteiger partial charge in [-0.3, -0.25) is 4.57 Å². The highest BCUT2D eigenvalue weighted by molar-refractivity contribution is 7.90. The third-order valence-electron chi connectivity index (χ3n) is 4.59. The first-order valence-electron chi connectivity index (χ1n) is 10.3. The third-order valence-corrected chi connectivity index (χ3v) is 8.69. The van der Waals surface area contributed by atoms with E-state index in [-0.39, 0.29) is 12.8 Å². The molecule has 14 heteroatoms. The fourth-order valence-electron chi connectivity index (χ4n) is 2.80. The molecule has 1 N–H and O–H groups in total. The van der Waals surface area contributed by atoms with Crippen LogP contribution in [0.3, 0.4) is 0 Å². The number of hydrogen-bond donors (Lipinski definition) is 1. The Hall–Kier alpha value is -1.14. The number of benzene rings is 1. The second kappa shape index (κ2) is 12.0. The molecule has 0 unspecified atom stereocenters. The lowest BCUT2D eigenvalue weighted by molar-refractivity contribution is -0.277. The summed E-state index contributed by atoms with van der Waals surface area (Å²) in [6.07, 6.45) is -11.0. The van der Waals surface area contributed by atoms with Crippen molar-refractivity contribution < 1.29 is 48.4 Å². The molecule has 0 saturated carbocycles. The number of unbranched alkanes of at least 4 members (excludes halogenated alkanes) is 4. The number of hydrogen-bond acceptors (Lipinski definition) is 5. The molecule has 0 aliphatic rings. The highest BCUT2D eigenvalue weighted by Gasteiger charge is 2.83. The van der Waals surface area contributed by atoms with E-state index in [0.717, 1.165) is 24.3 Å². The fourth-order valence-corrected chi connectivity index (χ4v) is 6.68. The van der Waals surface area contributed by atoms with Crippen LogP contribution in [0.25, 0.3) is 0 Å². The van der Waals surface area contributed by atoms with Crippen LogP contribution in [-0.4, -0.2) is 39.3 Å². The molecule has 1 rings (SSSR count). The topological polar surface area (TPSA) is 81.7 Å². The van der Waals surface area contributed by atoms with Gasteiger partial charge in [0.15, 0.2) is 0 Å². The van der Waals surface area contributed by atoms with Crippen molar-refractivity contribution in [3.05, 3.63) is 30.3 Å². The minimum atomic E-state index is -6.42. The molecule has 0 heterocycles. The van der Waals surface area contributed by atoms with Crippen LogP contribution in [0, 0.1) is 0 Å². The lowest BCUT2D eigenvalue weighted by Crippen LogP contribution is -2.67. The van der Waals surface area contributed by atoms with Gasteiger partial charge in [-0.15, -0.1) is 0 Å². The van der Waals surface area contributed by atoms with Crippen LogP contribution < -0.4 is 4.72 Å². The molecule has 0 atom stereocenters. The maximum Gasteiger partial charge on any atom is 0.428 e. The smallest absolute Gasteiger partial charge is 0.307 e. The highest BCUT2D eigenvalue weighted by atomic mass is 32.2. The summed E-state index contributed by atoms with van der Waals surface area (Å²) in [4.78, 5) is -0.883. The SMILES string of the molecule is CCCCCOP(=O)(OCCCCC)C(NS(=O)(=O)c1ccccc1)(C(F)(F)F)C(F)(F)F. The molecule has 1 aromatic carbocycles. The van der Waals surface area contributed by atoms with E-state index in [1.165, 1.54) is 6.07 Å². The number of halogens is 6. The summed E-state index contributed by atoms with van der Waals surface area (Å²) in [6.45, 7) is 1.95. The van der Waals surface area contributed by atoms with E-state index in [4.69, 9.17) is 0 Å². The van der Waals surface area contributed by atoms with Gasteiger partial charge in [-0.05, 0) is 25.0 Å². The molecule has 0 bridgehead atoms.